The monoisotopic (exact) mass is 458 g/mol. The van der Waals surface area contributed by atoms with Crippen LogP contribution in [0.4, 0.5) is 13.2 Å². The number of benzene rings is 2. The van der Waals surface area contributed by atoms with Gasteiger partial charge in [-0.15, -0.1) is 0 Å². The first-order chi connectivity index (χ1) is 16.3. The van der Waals surface area contributed by atoms with Gasteiger partial charge in [0, 0.05) is 16.7 Å². The molecule has 34 heavy (non-hydrogen) atoms. The van der Waals surface area contributed by atoms with Gasteiger partial charge in [0.15, 0.2) is 0 Å². The number of nitrogens with zero attached hydrogens (tertiary/aromatic N) is 2. The van der Waals surface area contributed by atoms with Crippen molar-refractivity contribution in [3.8, 4) is 11.3 Å². The van der Waals surface area contributed by atoms with E-state index in [1.807, 2.05) is 30.3 Å². The topological polar surface area (TPSA) is 59.9 Å². The highest BCUT2D eigenvalue weighted by Gasteiger charge is 2.37. The van der Waals surface area contributed by atoms with Gasteiger partial charge in [-0.1, -0.05) is 78.9 Å². The first-order valence-electron chi connectivity index (χ1n) is 10.6. The Balaban J connectivity index is 1.58. The van der Waals surface area contributed by atoms with Gasteiger partial charge >= 0.3 is 6.18 Å². The summed E-state index contributed by atoms with van der Waals surface area (Å²) in [5, 5.41) is 0. The molecule has 1 aromatic heterocycles. The second kappa shape index (κ2) is 8.33. The molecule has 5 rings (SSSR count). The van der Waals surface area contributed by atoms with Gasteiger partial charge in [-0.3, -0.25) is 9.59 Å². The van der Waals surface area contributed by atoms with Crippen LogP contribution < -0.4 is 0 Å². The molecule has 0 spiro atoms. The minimum atomic E-state index is -4.28. The van der Waals surface area contributed by atoms with Crippen LogP contribution in [0.1, 0.15) is 44.2 Å². The smallest absolute Gasteiger partial charge is 0.287 e. The lowest BCUT2D eigenvalue weighted by molar-refractivity contribution is -0.160. The molecule has 4 nitrogen and oxygen atoms in total. The molecule has 1 heterocycles. The Morgan fingerprint density at radius 2 is 1.41 bits per heavy atom. The molecule has 0 amide bonds. The molecule has 168 valence electrons. The maximum atomic E-state index is 13.1. The Labute approximate surface area is 193 Å². The third-order valence-electron chi connectivity index (χ3n) is 5.80. The van der Waals surface area contributed by atoms with E-state index in [4.69, 9.17) is 0 Å². The number of carbonyl (C=O) groups is 2. The van der Waals surface area contributed by atoms with Crippen molar-refractivity contribution in [1.29, 1.82) is 0 Å². The standard InChI is InChI=1S/C27H17F3N2O2/c28-27(29,30)18-13-10-16(11-14-18)12-15-21-22(17-6-2-1-3-7-17)32-24-23(31-21)25(33)19-8-4-5-9-20(19)26(24)34/h1-13,15,18H,14H2/b15-12+. The highest BCUT2D eigenvalue weighted by Crippen LogP contribution is 2.34. The van der Waals surface area contributed by atoms with E-state index in [0.717, 1.165) is 6.08 Å². The van der Waals surface area contributed by atoms with Crippen molar-refractivity contribution in [2.75, 3.05) is 0 Å². The highest BCUT2D eigenvalue weighted by molar-refractivity contribution is 6.27. The third-order valence-corrected chi connectivity index (χ3v) is 5.80. The Morgan fingerprint density at radius 1 is 0.794 bits per heavy atom. The fraction of sp³-hybridized carbons (Fsp3) is 0.111. The Morgan fingerprint density at radius 3 is 2.00 bits per heavy atom. The number of allylic oxidation sites excluding steroid dienone is 5. The number of halogens is 3. The summed E-state index contributed by atoms with van der Waals surface area (Å²) < 4.78 is 38.8. The molecular weight excluding hydrogens is 441 g/mol. The molecule has 0 saturated carbocycles. The number of rotatable bonds is 3. The second-order valence-electron chi connectivity index (χ2n) is 8.00. The number of aromatic nitrogens is 2. The summed E-state index contributed by atoms with van der Waals surface area (Å²) in [6, 6.07) is 15.6. The lowest BCUT2D eigenvalue weighted by Gasteiger charge is -2.18. The molecule has 0 fully saturated rings. The van der Waals surface area contributed by atoms with E-state index < -0.39 is 17.9 Å². The zero-order valence-electron chi connectivity index (χ0n) is 17.7. The van der Waals surface area contributed by atoms with Crippen LogP contribution in [-0.2, 0) is 0 Å². The summed E-state index contributed by atoms with van der Waals surface area (Å²) in [5.41, 5.74) is 2.55. The van der Waals surface area contributed by atoms with Gasteiger partial charge in [0.25, 0.3) is 0 Å². The van der Waals surface area contributed by atoms with Crippen molar-refractivity contribution in [1.82, 2.24) is 9.97 Å². The van der Waals surface area contributed by atoms with Crippen LogP contribution in [-0.4, -0.2) is 27.7 Å². The van der Waals surface area contributed by atoms with Crippen LogP contribution in [0.2, 0.25) is 0 Å². The van der Waals surface area contributed by atoms with Crippen molar-refractivity contribution in [3.05, 3.63) is 113 Å². The third kappa shape index (κ3) is 3.90. The molecule has 2 aliphatic carbocycles. The van der Waals surface area contributed by atoms with E-state index in [9.17, 15) is 22.8 Å². The van der Waals surface area contributed by atoms with Crippen LogP contribution in [0.25, 0.3) is 17.3 Å². The summed E-state index contributed by atoms with van der Waals surface area (Å²) in [6.45, 7) is 0. The SMILES string of the molecule is O=C1c2ccccc2C(=O)c2nc(-c3ccccc3)c(/C=C/C3=CCC(C(F)(F)F)C=C3)nc21. The van der Waals surface area contributed by atoms with E-state index in [-0.39, 0.29) is 34.7 Å². The molecule has 2 aliphatic rings. The van der Waals surface area contributed by atoms with Crippen LogP contribution in [0.3, 0.4) is 0 Å². The molecule has 2 aromatic carbocycles. The van der Waals surface area contributed by atoms with E-state index >= 15 is 0 Å². The van der Waals surface area contributed by atoms with Gasteiger partial charge in [0.1, 0.15) is 11.4 Å². The average Bonchev–Trinajstić information content (AvgIpc) is 2.86. The van der Waals surface area contributed by atoms with Gasteiger partial charge in [-0.25, -0.2) is 9.97 Å². The van der Waals surface area contributed by atoms with Gasteiger partial charge in [0.05, 0.1) is 17.3 Å². The largest absolute Gasteiger partial charge is 0.395 e. The Hall–Kier alpha value is -4.13. The van der Waals surface area contributed by atoms with E-state index in [0.29, 0.717) is 22.5 Å². The van der Waals surface area contributed by atoms with Gasteiger partial charge in [0.2, 0.25) is 11.6 Å². The van der Waals surface area contributed by atoms with Crippen LogP contribution in [0.15, 0.2) is 84.5 Å². The second-order valence-corrected chi connectivity index (χ2v) is 8.00. The fourth-order valence-electron chi connectivity index (χ4n) is 4.00. The molecule has 0 bridgehead atoms. The molecule has 0 saturated heterocycles. The molecule has 0 N–H and O–H groups in total. The van der Waals surface area contributed by atoms with E-state index in [1.54, 1.807) is 36.4 Å². The molecule has 1 unspecified atom stereocenters. The summed E-state index contributed by atoms with van der Waals surface area (Å²) in [4.78, 5) is 35.2. The number of fused-ring (bicyclic) bond motifs is 2. The summed E-state index contributed by atoms with van der Waals surface area (Å²) >= 11 is 0. The van der Waals surface area contributed by atoms with E-state index in [2.05, 4.69) is 9.97 Å². The van der Waals surface area contributed by atoms with Crippen molar-refractivity contribution in [3.63, 3.8) is 0 Å². The van der Waals surface area contributed by atoms with Gasteiger partial charge in [-0.05, 0) is 18.1 Å². The van der Waals surface area contributed by atoms with Crippen molar-refractivity contribution < 1.29 is 22.8 Å². The number of carbonyl (C=O) groups excluding carboxylic acids is 2. The maximum absolute atomic E-state index is 13.1. The number of alkyl halides is 3. The van der Waals surface area contributed by atoms with Crippen molar-refractivity contribution >= 4 is 17.6 Å². The molecule has 3 aromatic rings. The predicted molar refractivity (Wildman–Crippen MR) is 121 cm³/mol. The first-order valence-corrected chi connectivity index (χ1v) is 10.6. The first kappa shape index (κ1) is 21.7. The molecule has 7 heteroatoms. The normalized spacial score (nSPS) is 17.5. The maximum Gasteiger partial charge on any atom is 0.395 e. The minimum absolute atomic E-state index is 0.00972. The van der Waals surface area contributed by atoms with E-state index in [1.165, 1.54) is 12.2 Å². The molecule has 1 atom stereocenters. The van der Waals surface area contributed by atoms with Crippen molar-refractivity contribution in [2.45, 2.75) is 12.6 Å². The summed E-state index contributed by atoms with van der Waals surface area (Å²) in [7, 11) is 0. The zero-order valence-corrected chi connectivity index (χ0v) is 17.7. The van der Waals surface area contributed by atoms with Crippen LogP contribution in [0.5, 0.6) is 0 Å². The quantitative estimate of drug-likeness (QED) is 0.378. The Kier molecular flexibility index (Phi) is 5.32. The zero-order chi connectivity index (χ0) is 23.9. The molecular formula is C27H17F3N2O2. The lowest BCUT2D eigenvalue weighted by Crippen LogP contribution is -2.24. The van der Waals surface area contributed by atoms with Crippen LogP contribution >= 0.6 is 0 Å². The number of ketones is 2. The van der Waals surface area contributed by atoms with Crippen LogP contribution in [0, 0.1) is 5.92 Å². The molecule has 0 radical (unpaired) electrons. The van der Waals surface area contributed by atoms with Gasteiger partial charge in [-0.2, -0.15) is 13.2 Å². The molecule has 0 aliphatic heterocycles. The predicted octanol–water partition coefficient (Wildman–Crippen LogP) is 6.00. The summed E-state index contributed by atoms with van der Waals surface area (Å²) in [6.07, 6.45) is 2.87. The minimum Gasteiger partial charge on any atom is -0.287 e. The Bertz CT molecular complexity index is 1400. The average molecular weight is 458 g/mol. The number of hydrogen-bond donors (Lipinski definition) is 0. The van der Waals surface area contributed by atoms with Crippen molar-refractivity contribution in [2.24, 2.45) is 5.92 Å². The highest BCUT2D eigenvalue weighted by atomic mass is 19.4. The number of hydrogen-bond acceptors (Lipinski definition) is 4. The lowest BCUT2D eigenvalue weighted by atomic mass is 9.89. The fourth-order valence-corrected chi connectivity index (χ4v) is 4.00. The summed E-state index contributed by atoms with van der Waals surface area (Å²) in [5.74, 6) is -2.27. The van der Waals surface area contributed by atoms with Gasteiger partial charge < -0.3 is 0 Å².